The first-order valence-electron chi connectivity index (χ1n) is 3.89. The monoisotopic (exact) mass is 138 g/mol. The van der Waals surface area contributed by atoms with Crippen LogP contribution in [0.25, 0.3) is 0 Å². The Morgan fingerprint density at radius 3 is 2.50 bits per heavy atom. The predicted octanol–water partition coefficient (Wildman–Crippen LogP) is 2.93. The summed E-state index contributed by atoms with van der Waals surface area (Å²) in [5.74, 6) is 0. The summed E-state index contributed by atoms with van der Waals surface area (Å²) in [6.45, 7) is 7.85. The van der Waals surface area contributed by atoms with Gasteiger partial charge in [0.25, 0.3) is 0 Å². The number of nitriles is 1. The molecule has 0 aliphatic rings. The predicted molar refractivity (Wildman–Crippen MR) is 43.2 cm³/mol. The summed E-state index contributed by atoms with van der Waals surface area (Å²) in [4.78, 5) is 0. The molecule has 0 saturated carbocycles. The Morgan fingerprint density at radius 2 is 2.10 bits per heavy atom. The van der Waals surface area contributed by atoms with Gasteiger partial charge in [0.1, 0.15) is 0 Å². The number of hydrogen-bond acceptors (Lipinski definition) is 1. The van der Waals surface area contributed by atoms with Gasteiger partial charge in [0.05, 0.1) is 11.5 Å². The first-order valence-corrected chi connectivity index (χ1v) is 3.89. The summed E-state index contributed by atoms with van der Waals surface area (Å²) in [7, 11) is 0. The highest BCUT2D eigenvalue weighted by molar-refractivity contribution is 4.97. The zero-order chi connectivity index (χ0) is 8.04. The van der Waals surface area contributed by atoms with E-state index in [0.717, 1.165) is 12.8 Å². The van der Waals surface area contributed by atoms with Crippen LogP contribution in [0, 0.1) is 23.7 Å². The Balaban J connectivity index is 3.40. The highest BCUT2D eigenvalue weighted by atomic mass is 14.3. The molecule has 1 atom stereocenters. The van der Waals surface area contributed by atoms with Crippen LogP contribution in [-0.2, 0) is 0 Å². The lowest BCUT2D eigenvalue weighted by atomic mass is 9.89. The fourth-order valence-corrected chi connectivity index (χ4v) is 0.821. The van der Waals surface area contributed by atoms with E-state index in [1.54, 1.807) is 0 Å². The van der Waals surface area contributed by atoms with Crippen molar-refractivity contribution >= 4 is 0 Å². The van der Waals surface area contributed by atoms with Gasteiger partial charge in [-0.15, -0.1) is 0 Å². The molecule has 0 aliphatic heterocycles. The van der Waals surface area contributed by atoms with Gasteiger partial charge in [0, 0.05) is 0 Å². The van der Waals surface area contributed by atoms with Gasteiger partial charge in [-0.3, -0.25) is 0 Å². The first kappa shape index (κ1) is 9.49. The zero-order valence-electron chi connectivity index (χ0n) is 6.98. The van der Waals surface area contributed by atoms with E-state index in [2.05, 4.69) is 19.9 Å². The molecule has 0 spiro atoms. The molecular weight excluding hydrogens is 122 g/mol. The van der Waals surface area contributed by atoms with Crippen molar-refractivity contribution in [3.05, 3.63) is 6.92 Å². The highest BCUT2D eigenvalue weighted by Crippen LogP contribution is 2.21. The Hall–Kier alpha value is -0.510. The average Bonchev–Trinajstić information content (AvgIpc) is 1.89. The highest BCUT2D eigenvalue weighted by Gasteiger charge is 2.14. The summed E-state index contributed by atoms with van der Waals surface area (Å²) >= 11 is 0. The smallest absolute Gasteiger partial charge is 0.0686 e. The fraction of sp³-hybridized carbons (Fsp3) is 0.778. The van der Waals surface area contributed by atoms with Crippen LogP contribution in [-0.4, -0.2) is 0 Å². The minimum Gasteiger partial charge on any atom is -0.198 e. The maximum absolute atomic E-state index is 8.58. The van der Waals surface area contributed by atoms with Crippen molar-refractivity contribution in [1.29, 1.82) is 5.26 Å². The van der Waals surface area contributed by atoms with Crippen LogP contribution in [0.5, 0.6) is 0 Å². The lowest BCUT2D eigenvalue weighted by Crippen LogP contribution is -2.07. The minimum atomic E-state index is -0.352. The topological polar surface area (TPSA) is 23.8 Å². The van der Waals surface area contributed by atoms with Crippen molar-refractivity contribution in [3.63, 3.8) is 0 Å². The Bertz CT molecular complexity index is 119. The number of hydrogen-bond donors (Lipinski definition) is 0. The molecule has 0 heterocycles. The molecule has 0 aromatic heterocycles. The van der Waals surface area contributed by atoms with Crippen LogP contribution in [0.4, 0.5) is 0 Å². The third kappa shape index (κ3) is 4.38. The first-order chi connectivity index (χ1) is 4.62. The van der Waals surface area contributed by atoms with E-state index in [1.165, 1.54) is 12.8 Å². The van der Waals surface area contributed by atoms with Crippen LogP contribution in [0.3, 0.4) is 0 Å². The van der Waals surface area contributed by atoms with E-state index < -0.39 is 0 Å². The molecule has 0 rings (SSSR count). The quantitative estimate of drug-likeness (QED) is 0.548. The van der Waals surface area contributed by atoms with Crippen molar-refractivity contribution in [1.82, 2.24) is 0 Å². The van der Waals surface area contributed by atoms with Gasteiger partial charge in [0.15, 0.2) is 0 Å². The molecule has 57 valence electrons. The third-order valence-corrected chi connectivity index (χ3v) is 1.60. The molecule has 0 aliphatic carbocycles. The molecule has 0 aromatic rings. The Morgan fingerprint density at radius 1 is 1.50 bits per heavy atom. The molecule has 0 amide bonds. The molecule has 0 fully saturated rings. The van der Waals surface area contributed by atoms with Crippen LogP contribution in [0.1, 0.15) is 39.5 Å². The molecule has 0 saturated heterocycles. The van der Waals surface area contributed by atoms with Crippen LogP contribution >= 0.6 is 0 Å². The maximum Gasteiger partial charge on any atom is 0.0686 e. The standard InChI is InChI=1S/C9H16N/c1-4-5-6-7-9(2,3)8-10/h2,4-7H2,1,3H3. The molecular formula is C9H16N. The van der Waals surface area contributed by atoms with Crippen LogP contribution in [0.2, 0.25) is 0 Å². The zero-order valence-corrected chi connectivity index (χ0v) is 6.98. The molecule has 1 nitrogen and oxygen atoms in total. The largest absolute Gasteiger partial charge is 0.198 e. The maximum atomic E-state index is 8.58. The summed E-state index contributed by atoms with van der Waals surface area (Å²) in [5.41, 5.74) is -0.352. The summed E-state index contributed by atoms with van der Waals surface area (Å²) in [5, 5.41) is 8.58. The lowest BCUT2D eigenvalue weighted by molar-refractivity contribution is 0.473. The second kappa shape index (κ2) is 4.33. The number of nitrogens with zero attached hydrogens (tertiary/aromatic N) is 1. The number of unbranched alkanes of at least 4 members (excludes halogenated alkanes) is 2. The van der Waals surface area contributed by atoms with E-state index >= 15 is 0 Å². The van der Waals surface area contributed by atoms with E-state index in [0.29, 0.717) is 0 Å². The van der Waals surface area contributed by atoms with E-state index in [4.69, 9.17) is 5.26 Å². The lowest BCUT2D eigenvalue weighted by Gasteiger charge is -2.13. The fourth-order valence-electron chi connectivity index (χ4n) is 0.821. The van der Waals surface area contributed by atoms with Gasteiger partial charge in [-0.25, -0.2) is 0 Å². The van der Waals surface area contributed by atoms with Gasteiger partial charge in [-0.05, 0) is 20.3 Å². The van der Waals surface area contributed by atoms with Gasteiger partial charge >= 0.3 is 0 Å². The second-order valence-corrected chi connectivity index (χ2v) is 3.13. The molecule has 0 bridgehead atoms. The Kier molecular flexibility index (Phi) is 4.11. The minimum absolute atomic E-state index is 0.352. The molecule has 0 N–H and O–H groups in total. The molecule has 1 radical (unpaired) electrons. The third-order valence-electron chi connectivity index (χ3n) is 1.60. The van der Waals surface area contributed by atoms with Gasteiger partial charge in [-0.1, -0.05) is 26.2 Å². The van der Waals surface area contributed by atoms with E-state index in [9.17, 15) is 0 Å². The van der Waals surface area contributed by atoms with Gasteiger partial charge < -0.3 is 0 Å². The number of rotatable bonds is 4. The summed E-state index contributed by atoms with van der Waals surface area (Å²) in [6, 6.07) is 2.19. The molecule has 1 heteroatoms. The van der Waals surface area contributed by atoms with Gasteiger partial charge in [-0.2, -0.15) is 5.26 Å². The average molecular weight is 138 g/mol. The summed E-state index contributed by atoms with van der Waals surface area (Å²) < 4.78 is 0. The normalized spacial score (nSPS) is 11.0. The second-order valence-electron chi connectivity index (χ2n) is 3.13. The van der Waals surface area contributed by atoms with Crippen molar-refractivity contribution in [2.45, 2.75) is 39.5 Å². The van der Waals surface area contributed by atoms with E-state index in [-0.39, 0.29) is 5.41 Å². The van der Waals surface area contributed by atoms with Gasteiger partial charge in [0.2, 0.25) is 0 Å². The van der Waals surface area contributed by atoms with Crippen molar-refractivity contribution < 1.29 is 0 Å². The van der Waals surface area contributed by atoms with Crippen molar-refractivity contribution in [3.8, 4) is 6.07 Å². The SMILES string of the molecule is [CH2]C(C)(C#N)CCCCC. The Labute approximate surface area is 64.1 Å². The van der Waals surface area contributed by atoms with Crippen LogP contribution < -0.4 is 0 Å². The summed E-state index contributed by atoms with van der Waals surface area (Å²) in [6.07, 6.45) is 4.48. The molecule has 10 heavy (non-hydrogen) atoms. The molecule has 0 aromatic carbocycles. The van der Waals surface area contributed by atoms with Crippen LogP contribution in [0.15, 0.2) is 0 Å². The molecule has 1 unspecified atom stereocenters. The van der Waals surface area contributed by atoms with Crippen molar-refractivity contribution in [2.75, 3.05) is 0 Å². The van der Waals surface area contributed by atoms with Crippen molar-refractivity contribution in [2.24, 2.45) is 5.41 Å². The van der Waals surface area contributed by atoms with E-state index in [1.807, 2.05) is 6.92 Å².